The van der Waals surface area contributed by atoms with Gasteiger partial charge in [-0.15, -0.1) is 0 Å². The maximum Gasteiger partial charge on any atom is 0.240 e. The van der Waals surface area contributed by atoms with Crippen molar-refractivity contribution in [3.8, 4) is 5.75 Å². The van der Waals surface area contributed by atoms with E-state index in [0.717, 1.165) is 42.5 Å². The molecule has 0 radical (unpaired) electrons. The number of likely N-dealkylation sites (tertiary alicyclic amines) is 1. The van der Waals surface area contributed by atoms with Crippen molar-refractivity contribution in [2.75, 3.05) is 50.7 Å². The van der Waals surface area contributed by atoms with Crippen molar-refractivity contribution in [3.05, 3.63) is 24.3 Å². The zero-order chi connectivity index (χ0) is 25.1. The van der Waals surface area contributed by atoms with Crippen LogP contribution < -0.4 is 15.0 Å². The number of hydrogen-bond acceptors (Lipinski definition) is 8. The van der Waals surface area contributed by atoms with Crippen LogP contribution >= 0.6 is 0 Å². The van der Waals surface area contributed by atoms with E-state index in [-0.39, 0.29) is 31.4 Å². The van der Waals surface area contributed by atoms with Gasteiger partial charge in [0, 0.05) is 39.3 Å². The molecule has 3 fully saturated rings. The Hall–Kier alpha value is -2.69. The molecular formula is C25H36N4O6. The summed E-state index contributed by atoms with van der Waals surface area (Å²) < 4.78 is 5.95. The molecule has 10 heteroatoms. The molecule has 1 saturated carbocycles. The minimum absolute atomic E-state index is 0.0502. The number of amides is 3. The number of anilines is 1. The second-order valence-corrected chi connectivity index (χ2v) is 9.89. The van der Waals surface area contributed by atoms with Gasteiger partial charge < -0.3 is 25.2 Å². The van der Waals surface area contributed by atoms with Crippen molar-refractivity contribution in [2.24, 2.45) is 11.8 Å². The van der Waals surface area contributed by atoms with Crippen LogP contribution in [0.2, 0.25) is 0 Å². The maximum absolute atomic E-state index is 12.6. The van der Waals surface area contributed by atoms with Gasteiger partial charge in [0.2, 0.25) is 17.7 Å². The van der Waals surface area contributed by atoms with Gasteiger partial charge in [-0.05, 0) is 38.8 Å². The standard InChI is InChI=1S/C25H36N4O6/c1-16(2)35-22-6-4-3-5-19(22)28-11-9-27(10-12-28)8-7-26-23(32)15-29-24(33)17-13-20(30)21(31)14-18(17)25(29)34/h3-6,16-18,20-21,30-31H,7-15H2,1-2H3,(H,26,32). The number of piperazine rings is 1. The highest BCUT2D eigenvalue weighted by Crippen LogP contribution is 2.38. The lowest BCUT2D eigenvalue weighted by Gasteiger charge is -2.36. The molecule has 3 aliphatic rings. The topological polar surface area (TPSA) is 123 Å². The Kier molecular flexibility index (Phi) is 7.93. The van der Waals surface area contributed by atoms with E-state index in [1.807, 2.05) is 32.0 Å². The summed E-state index contributed by atoms with van der Waals surface area (Å²) in [4.78, 5) is 43.2. The summed E-state index contributed by atoms with van der Waals surface area (Å²) in [5.41, 5.74) is 1.09. The van der Waals surface area contributed by atoms with Crippen molar-refractivity contribution in [1.29, 1.82) is 0 Å². The van der Waals surface area contributed by atoms with Crippen LogP contribution in [0.1, 0.15) is 26.7 Å². The second kappa shape index (κ2) is 10.9. The Morgan fingerprint density at radius 2 is 1.63 bits per heavy atom. The lowest BCUT2D eigenvalue weighted by atomic mass is 9.78. The average molecular weight is 489 g/mol. The first kappa shape index (κ1) is 25.4. The van der Waals surface area contributed by atoms with E-state index in [0.29, 0.717) is 13.1 Å². The summed E-state index contributed by atoms with van der Waals surface area (Å²) in [6.45, 7) is 8.21. The first-order valence-corrected chi connectivity index (χ1v) is 12.5. The van der Waals surface area contributed by atoms with Gasteiger partial charge in [-0.2, -0.15) is 0 Å². The monoisotopic (exact) mass is 488 g/mol. The number of carbonyl (C=O) groups excluding carboxylic acids is 3. The second-order valence-electron chi connectivity index (χ2n) is 9.89. The molecule has 1 aromatic carbocycles. The van der Waals surface area contributed by atoms with Gasteiger partial charge in [0.25, 0.3) is 0 Å². The van der Waals surface area contributed by atoms with E-state index in [2.05, 4.69) is 21.2 Å². The van der Waals surface area contributed by atoms with E-state index in [1.165, 1.54) is 0 Å². The minimum Gasteiger partial charge on any atom is -0.489 e. The van der Waals surface area contributed by atoms with Gasteiger partial charge in [0.1, 0.15) is 12.3 Å². The molecule has 3 N–H and O–H groups in total. The first-order chi connectivity index (χ1) is 16.7. The van der Waals surface area contributed by atoms with Gasteiger partial charge in [-0.3, -0.25) is 24.2 Å². The largest absolute Gasteiger partial charge is 0.489 e. The lowest BCUT2D eigenvalue weighted by molar-refractivity contribution is -0.143. The van der Waals surface area contributed by atoms with Gasteiger partial charge in [-0.1, -0.05) is 12.1 Å². The fourth-order valence-electron chi connectivity index (χ4n) is 5.21. The number of aliphatic hydroxyl groups excluding tert-OH is 2. The predicted octanol–water partition coefficient (Wildman–Crippen LogP) is -0.171. The van der Waals surface area contributed by atoms with Crippen molar-refractivity contribution in [3.63, 3.8) is 0 Å². The molecule has 4 unspecified atom stereocenters. The molecular weight excluding hydrogens is 452 g/mol. The highest BCUT2D eigenvalue weighted by molar-refractivity contribution is 6.07. The first-order valence-electron chi connectivity index (χ1n) is 12.5. The number of hydrogen-bond donors (Lipinski definition) is 3. The number of benzene rings is 1. The van der Waals surface area contributed by atoms with E-state index in [1.54, 1.807) is 0 Å². The Balaban J connectivity index is 1.20. The highest BCUT2D eigenvalue weighted by atomic mass is 16.5. The average Bonchev–Trinajstić information content (AvgIpc) is 3.04. The lowest BCUT2D eigenvalue weighted by Crippen LogP contribution is -2.49. The molecule has 2 saturated heterocycles. The molecule has 3 amide bonds. The van der Waals surface area contributed by atoms with Gasteiger partial charge in [-0.25, -0.2) is 0 Å². The third-order valence-electron chi connectivity index (χ3n) is 7.08. The summed E-state index contributed by atoms with van der Waals surface area (Å²) in [6.07, 6.45) is -1.82. The smallest absolute Gasteiger partial charge is 0.240 e. The molecule has 0 aromatic heterocycles. The van der Waals surface area contributed by atoms with Crippen molar-refractivity contribution in [2.45, 2.75) is 45.0 Å². The predicted molar refractivity (Wildman–Crippen MR) is 129 cm³/mol. The zero-order valence-corrected chi connectivity index (χ0v) is 20.4. The number of carbonyl (C=O) groups is 3. The van der Waals surface area contributed by atoms with Crippen LogP contribution in [0.25, 0.3) is 0 Å². The Bertz CT molecular complexity index is 904. The SMILES string of the molecule is CC(C)Oc1ccccc1N1CCN(CCNC(=O)CN2C(=O)C3CC(O)C(O)CC3C2=O)CC1. The van der Waals surface area contributed by atoms with Crippen LogP contribution in [0.3, 0.4) is 0 Å². The zero-order valence-electron chi connectivity index (χ0n) is 20.4. The van der Waals surface area contributed by atoms with E-state index < -0.39 is 35.9 Å². The van der Waals surface area contributed by atoms with Crippen LogP contribution in [-0.4, -0.2) is 102 Å². The molecule has 0 spiro atoms. The van der Waals surface area contributed by atoms with Crippen LogP contribution in [-0.2, 0) is 14.4 Å². The third kappa shape index (κ3) is 5.76. The number of ether oxygens (including phenoxy) is 1. The van der Waals surface area contributed by atoms with Gasteiger partial charge in [0.15, 0.2) is 0 Å². The van der Waals surface area contributed by atoms with Crippen LogP contribution in [0.4, 0.5) is 5.69 Å². The van der Waals surface area contributed by atoms with E-state index >= 15 is 0 Å². The van der Waals surface area contributed by atoms with Crippen molar-refractivity contribution < 1.29 is 29.3 Å². The summed E-state index contributed by atoms with van der Waals surface area (Å²) in [7, 11) is 0. The van der Waals surface area contributed by atoms with Crippen molar-refractivity contribution >= 4 is 23.4 Å². The highest BCUT2D eigenvalue weighted by Gasteiger charge is 2.52. The fourth-order valence-corrected chi connectivity index (χ4v) is 5.21. The Morgan fingerprint density at radius 3 is 2.23 bits per heavy atom. The summed E-state index contributed by atoms with van der Waals surface area (Å²) in [5, 5.41) is 22.5. The summed E-state index contributed by atoms with van der Waals surface area (Å²) in [5.74, 6) is -1.66. The van der Waals surface area contributed by atoms with Crippen molar-refractivity contribution in [1.82, 2.24) is 15.1 Å². The number of aliphatic hydroxyl groups is 2. The summed E-state index contributed by atoms with van der Waals surface area (Å²) in [6, 6.07) is 8.06. The van der Waals surface area contributed by atoms with Crippen LogP contribution in [0.5, 0.6) is 5.75 Å². The van der Waals surface area contributed by atoms with Crippen LogP contribution in [0, 0.1) is 11.8 Å². The molecule has 10 nitrogen and oxygen atoms in total. The number of fused-ring (bicyclic) bond motifs is 1. The molecule has 4 rings (SSSR count). The third-order valence-corrected chi connectivity index (χ3v) is 7.08. The number of rotatable bonds is 8. The van der Waals surface area contributed by atoms with E-state index in [4.69, 9.17) is 4.74 Å². The van der Waals surface area contributed by atoms with Crippen LogP contribution in [0.15, 0.2) is 24.3 Å². The quantitative estimate of drug-likeness (QED) is 0.431. The number of imide groups is 1. The van der Waals surface area contributed by atoms with Gasteiger partial charge in [0.05, 0.1) is 35.8 Å². The Morgan fingerprint density at radius 1 is 1.03 bits per heavy atom. The van der Waals surface area contributed by atoms with Gasteiger partial charge >= 0.3 is 0 Å². The molecule has 0 bridgehead atoms. The normalized spacial score (nSPS) is 27.3. The number of nitrogens with one attached hydrogen (secondary N) is 1. The maximum atomic E-state index is 12.6. The molecule has 2 aliphatic heterocycles. The summed E-state index contributed by atoms with van der Waals surface area (Å²) >= 11 is 0. The number of para-hydroxylation sites is 2. The minimum atomic E-state index is -1.02. The Labute approximate surface area is 205 Å². The fraction of sp³-hybridized carbons (Fsp3) is 0.640. The molecule has 192 valence electrons. The molecule has 35 heavy (non-hydrogen) atoms. The molecule has 1 aliphatic carbocycles. The number of nitrogens with zero attached hydrogens (tertiary/aromatic N) is 3. The van der Waals surface area contributed by atoms with E-state index in [9.17, 15) is 24.6 Å². The molecule has 4 atom stereocenters. The molecule has 1 aromatic rings. The molecule has 2 heterocycles.